The monoisotopic (exact) mass is 216 g/mol. The lowest BCUT2D eigenvalue weighted by Gasteiger charge is -2.18. The Morgan fingerprint density at radius 1 is 1.20 bits per heavy atom. The van der Waals surface area contributed by atoms with Gasteiger partial charge < -0.3 is 9.47 Å². The molecule has 84 valence electrons. The molecule has 1 rings (SSSR count). The largest absolute Gasteiger partial charge is 0.497 e. The average molecular weight is 216 g/mol. The van der Waals surface area contributed by atoms with E-state index in [0.29, 0.717) is 5.75 Å². The Morgan fingerprint density at radius 2 is 1.87 bits per heavy atom. The minimum absolute atomic E-state index is 0.133. The second-order valence-electron chi connectivity index (χ2n) is 3.12. The lowest BCUT2D eigenvalue weighted by atomic mass is 10.0. The summed E-state index contributed by atoms with van der Waals surface area (Å²) < 4.78 is 36.8. The van der Waals surface area contributed by atoms with Crippen LogP contribution in [0.5, 0.6) is 11.5 Å². The van der Waals surface area contributed by atoms with Crippen molar-refractivity contribution in [2.75, 3.05) is 14.2 Å². The van der Waals surface area contributed by atoms with Crippen molar-refractivity contribution in [3.8, 4) is 11.5 Å². The van der Waals surface area contributed by atoms with Gasteiger partial charge in [0.25, 0.3) is 5.92 Å². The van der Waals surface area contributed by atoms with Crippen LogP contribution in [0.1, 0.15) is 18.9 Å². The second kappa shape index (κ2) is 4.47. The zero-order chi connectivity index (χ0) is 11.5. The molecule has 0 aromatic heterocycles. The SMILES string of the molecule is CCC(F)(F)c1cc(OC)ccc1OC. The van der Waals surface area contributed by atoms with Crippen molar-refractivity contribution in [1.29, 1.82) is 0 Å². The Balaban J connectivity index is 3.23. The zero-order valence-corrected chi connectivity index (χ0v) is 9.01. The Labute approximate surface area is 87.8 Å². The van der Waals surface area contributed by atoms with Gasteiger partial charge in [-0.3, -0.25) is 0 Å². The third-order valence-corrected chi connectivity index (χ3v) is 2.24. The molecular formula is C11H14F2O2. The second-order valence-corrected chi connectivity index (χ2v) is 3.12. The fourth-order valence-electron chi connectivity index (χ4n) is 1.29. The molecule has 0 bridgehead atoms. The summed E-state index contributed by atoms with van der Waals surface area (Å²) in [6, 6.07) is 4.38. The molecule has 4 heteroatoms. The first-order valence-corrected chi connectivity index (χ1v) is 4.65. The lowest BCUT2D eigenvalue weighted by molar-refractivity contribution is -0.0106. The molecule has 0 aliphatic carbocycles. The van der Waals surface area contributed by atoms with Gasteiger partial charge in [0.2, 0.25) is 0 Å². The molecule has 2 nitrogen and oxygen atoms in total. The molecule has 15 heavy (non-hydrogen) atoms. The van der Waals surface area contributed by atoms with E-state index in [4.69, 9.17) is 9.47 Å². The van der Waals surface area contributed by atoms with Gasteiger partial charge in [0.05, 0.1) is 19.8 Å². The van der Waals surface area contributed by atoms with Crippen molar-refractivity contribution < 1.29 is 18.3 Å². The van der Waals surface area contributed by atoms with E-state index in [1.807, 2.05) is 0 Å². The highest BCUT2D eigenvalue weighted by molar-refractivity contribution is 5.42. The molecule has 0 radical (unpaired) electrons. The lowest BCUT2D eigenvalue weighted by Crippen LogP contribution is -2.13. The number of alkyl halides is 2. The molecule has 0 spiro atoms. The van der Waals surface area contributed by atoms with Gasteiger partial charge in [-0.2, -0.15) is 0 Å². The van der Waals surface area contributed by atoms with Crippen LogP contribution >= 0.6 is 0 Å². The van der Waals surface area contributed by atoms with Crippen molar-refractivity contribution in [3.63, 3.8) is 0 Å². The normalized spacial score (nSPS) is 11.3. The number of benzene rings is 1. The van der Waals surface area contributed by atoms with Gasteiger partial charge in [-0.1, -0.05) is 6.92 Å². The fraction of sp³-hybridized carbons (Fsp3) is 0.455. The van der Waals surface area contributed by atoms with Crippen LogP contribution in [-0.4, -0.2) is 14.2 Å². The predicted octanol–water partition coefficient (Wildman–Crippen LogP) is 3.21. The maximum atomic E-state index is 13.5. The molecular weight excluding hydrogens is 202 g/mol. The summed E-state index contributed by atoms with van der Waals surface area (Å²) in [5, 5.41) is 0. The Bertz CT molecular complexity index is 337. The summed E-state index contributed by atoms with van der Waals surface area (Å²) in [6.07, 6.45) is -0.267. The first-order valence-electron chi connectivity index (χ1n) is 4.65. The predicted molar refractivity (Wildman–Crippen MR) is 53.7 cm³/mol. The Kier molecular flexibility index (Phi) is 3.50. The van der Waals surface area contributed by atoms with Crippen molar-refractivity contribution in [3.05, 3.63) is 23.8 Å². The van der Waals surface area contributed by atoms with Crippen LogP contribution in [0.15, 0.2) is 18.2 Å². The summed E-state index contributed by atoms with van der Waals surface area (Å²) in [4.78, 5) is 0. The topological polar surface area (TPSA) is 18.5 Å². The van der Waals surface area contributed by atoms with E-state index in [2.05, 4.69) is 0 Å². The van der Waals surface area contributed by atoms with E-state index in [1.165, 1.54) is 33.3 Å². The Morgan fingerprint density at radius 3 is 2.33 bits per heavy atom. The van der Waals surface area contributed by atoms with E-state index in [-0.39, 0.29) is 17.7 Å². The number of methoxy groups -OCH3 is 2. The maximum absolute atomic E-state index is 13.5. The zero-order valence-electron chi connectivity index (χ0n) is 9.01. The van der Waals surface area contributed by atoms with Crippen molar-refractivity contribution in [2.24, 2.45) is 0 Å². The van der Waals surface area contributed by atoms with Crippen LogP contribution < -0.4 is 9.47 Å². The third-order valence-electron chi connectivity index (χ3n) is 2.24. The van der Waals surface area contributed by atoms with Crippen molar-refractivity contribution >= 4 is 0 Å². The van der Waals surface area contributed by atoms with Gasteiger partial charge in [0.15, 0.2) is 0 Å². The number of rotatable bonds is 4. The highest BCUT2D eigenvalue weighted by atomic mass is 19.3. The van der Waals surface area contributed by atoms with Crippen LogP contribution in [-0.2, 0) is 5.92 Å². The average Bonchev–Trinajstić information content (AvgIpc) is 2.28. The minimum atomic E-state index is -2.89. The first kappa shape index (κ1) is 11.8. The third kappa shape index (κ3) is 2.37. The summed E-state index contributed by atoms with van der Waals surface area (Å²) in [5.74, 6) is -2.30. The van der Waals surface area contributed by atoms with Gasteiger partial charge in [-0.05, 0) is 18.2 Å². The van der Waals surface area contributed by atoms with E-state index in [0.717, 1.165) is 0 Å². The van der Waals surface area contributed by atoms with Gasteiger partial charge >= 0.3 is 0 Å². The summed E-state index contributed by atoms with van der Waals surface area (Å²) in [6.45, 7) is 1.43. The molecule has 0 N–H and O–H groups in total. The number of halogens is 2. The quantitative estimate of drug-likeness (QED) is 0.769. The number of ether oxygens (including phenoxy) is 2. The molecule has 0 heterocycles. The molecule has 1 aromatic rings. The van der Waals surface area contributed by atoms with Gasteiger partial charge in [-0.15, -0.1) is 0 Å². The van der Waals surface area contributed by atoms with Crippen LogP contribution in [0.4, 0.5) is 8.78 Å². The number of hydrogen-bond acceptors (Lipinski definition) is 2. The van der Waals surface area contributed by atoms with Crippen molar-refractivity contribution in [1.82, 2.24) is 0 Å². The minimum Gasteiger partial charge on any atom is -0.497 e. The molecule has 0 fully saturated rings. The summed E-state index contributed by atoms with van der Waals surface area (Å²) in [7, 11) is 2.81. The van der Waals surface area contributed by atoms with Crippen LogP contribution in [0.25, 0.3) is 0 Å². The fourth-order valence-corrected chi connectivity index (χ4v) is 1.29. The molecule has 1 aromatic carbocycles. The highest BCUT2D eigenvalue weighted by Crippen LogP contribution is 2.39. The van der Waals surface area contributed by atoms with Crippen LogP contribution in [0.3, 0.4) is 0 Å². The highest BCUT2D eigenvalue weighted by Gasteiger charge is 2.32. The molecule has 0 unspecified atom stereocenters. The van der Waals surface area contributed by atoms with E-state index >= 15 is 0 Å². The van der Waals surface area contributed by atoms with Gasteiger partial charge in [0, 0.05) is 6.42 Å². The standard InChI is InChI=1S/C11H14F2O2/c1-4-11(12,13)9-7-8(14-2)5-6-10(9)15-3/h5-7H,4H2,1-3H3. The molecule has 0 aliphatic heterocycles. The van der Waals surface area contributed by atoms with E-state index < -0.39 is 5.92 Å². The molecule has 0 aliphatic rings. The molecule has 0 atom stereocenters. The number of hydrogen-bond donors (Lipinski definition) is 0. The smallest absolute Gasteiger partial charge is 0.276 e. The molecule has 0 amide bonds. The van der Waals surface area contributed by atoms with Gasteiger partial charge in [0.1, 0.15) is 11.5 Å². The van der Waals surface area contributed by atoms with E-state index in [9.17, 15) is 8.78 Å². The molecule has 0 saturated heterocycles. The summed E-state index contributed by atoms with van der Waals surface area (Å²) in [5.41, 5.74) is -0.133. The van der Waals surface area contributed by atoms with E-state index in [1.54, 1.807) is 6.07 Å². The maximum Gasteiger partial charge on any atom is 0.276 e. The Hall–Kier alpha value is -1.32. The first-order chi connectivity index (χ1) is 7.05. The van der Waals surface area contributed by atoms with Crippen LogP contribution in [0, 0.1) is 0 Å². The van der Waals surface area contributed by atoms with Crippen LogP contribution in [0.2, 0.25) is 0 Å². The molecule has 0 saturated carbocycles. The summed E-state index contributed by atoms with van der Waals surface area (Å²) >= 11 is 0. The van der Waals surface area contributed by atoms with Gasteiger partial charge in [-0.25, -0.2) is 8.78 Å². The van der Waals surface area contributed by atoms with Crippen molar-refractivity contribution in [2.45, 2.75) is 19.3 Å².